The highest BCUT2D eigenvalue weighted by atomic mass is 16.5. The summed E-state index contributed by atoms with van der Waals surface area (Å²) in [4.78, 5) is 14.0. The van der Waals surface area contributed by atoms with Crippen molar-refractivity contribution in [1.29, 1.82) is 0 Å². The van der Waals surface area contributed by atoms with Crippen molar-refractivity contribution in [2.75, 3.05) is 26.7 Å². The van der Waals surface area contributed by atoms with E-state index in [2.05, 4.69) is 27.8 Å². The summed E-state index contributed by atoms with van der Waals surface area (Å²) in [6.07, 6.45) is 5.20. The second kappa shape index (κ2) is 8.90. The molecule has 0 atom stereocenters. The second-order valence-corrected chi connectivity index (χ2v) is 7.99. The van der Waals surface area contributed by atoms with E-state index in [-0.39, 0.29) is 12.5 Å². The monoisotopic (exact) mass is 407 g/mol. The van der Waals surface area contributed by atoms with E-state index in [4.69, 9.17) is 10.5 Å². The molecule has 3 aromatic rings. The Morgan fingerprint density at radius 2 is 1.97 bits per heavy atom. The van der Waals surface area contributed by atoms with Gasteiger partial charge in [0.1, 0.15) is 5.75 Å². The maximum atomic E-state index is 11.6. The van der Waals surface area contributed by atoms with Crippen LogP contribution in [0.5, 0.6) is 5.75 Å². The Morgan fingerprint density at radius 3 is 2.67 bits per heavy atom. The van der Waals surface area contributed by atoms with Crippen LogP contribution >= 0.6 is 0 Å². The van der Waals surface area contributed by atoms with Crippen LogP contribution in [0.3, 0.4) is 0 Å². The maximum absolute atomic E-state index is 11.6. The highest BCUT2D eigenvalue weighted by Crippen LogP contribution is 2.29. The lowest BCUT2D eigenvalue weighted by atomic mass is 10.0. The molecule has 6 heteroatoms. The minimum absolute atomic E-state index is 0.0269. The molecule has 1 aliphatic heterocycles. The minimum Gasteiger partial charge on any atom is -0.496 e. The molecule has 0 saturated carbocycles. The number of nitrogens with two attached hydrogens (primary N) is 1. The number of ether oxygens (including phenoxy) is 1. The van der Waals surface area contributed by atoms with E-state index in [1.165, 1.54) is 5.56 Å². The van der Waals surface area contributed by atoms with Gasteiger partial charge in [0.2, 0.25) is 5.91 Å². The number of hydrogen-bond donors (Lipinski definition) is 2. The van der Waals surface area contributed by atoms with Crippen molar-refractivity contribution >= 4 is 16.8 Å². The van der Waals surface area contributed by atoms with Gasteiger partial charge < -0.3 is 25.0 Å². The van der Waals surface area contributed by atoms with Crippen LogP contribution in [0.25, 0.3) is 10.9 Å². The largest absolute Gasteiger partial charge is 0.496 e. The fraction of sp³-hybridized carbons (Fsp3) is 0.375. The number of amides is 1. The molecule has 158 valence electrons. The molecule has 1 fully saturated rings. The molecule has 0 aliphatic carbocycles. The molecular formula is C24H29N3O3. The van der Waals surface area contributed by atoms with Crippen LogP contribution in [0.15, 0.2) is 48.7 Å². The van der Waals surface area contributed by atoms with E-state index in [0.29, 0.717) is 11.6 Å². The summed E-state index contributed by atoms with van der Waals surface area (Å²) in [7, 11) is 1.68. The summed E-state index contributed by atoms with van der Waals surface area (Å²) >= 11 is 0. The number of piperidine rings is 1. The fourth-order valence-corrected chi connectivity index (χ4v) is 4.41. The zero-order valence-corrected chi connectivity index (χ0v) is 17.4. The molecule has 30 heavy (non-hydrogen) atoms. The van der Waals surface area contributed by atoms with E-state index >= 15 is 0 Å². The van der Waals surface area contributed by atoms with E-state index in [1.54, 1.807) is 13.2 Å². The number of aromatic nitrogens is 1. The number of likely N-dealkylation sites (tertiary alicyclic amines) is 1. The Balaban J connectivity index is 1.38. The molecule has 0 spiro atoms. The number of carbonyl (C=O) groups excluding carboxylic acids is 1. The van der Waals surface area contributed by atoms with Gasteiger partial charge in [0.15, 0.2) is 0 Å². The van der Waals surface area contributed by atoms with Gasteiger partial charge >= 0.3 is 0 Å². The lowest BCUT2D eigenvalue weighted by Crippen LogP contribution is -2.35. The number of primary amides is 1. The van der Waals surface area contributed by atoms with Gasteiger partial charge in [0, 0.05) is 43.0 Å². The zero-order valence-electron chi connectivity index (χ0n) is 17.4. The first-order chi connectivity index (χ1) is 14.6. The number of nitrogens with zero attached hydrogens (tertiary/aromatic N) is 2. The van der Waals surface area contributed by atoms with Crippen molar-refractivity contribution in [2.24, 2.45) is 5.73 Å². The lowest BCUT2D eigenvalue weighted by molar-refractivity contribution is 0.100. The first kappa shape index (κ1) is 20.4. The molecule has 0 unspecified atom stereocenters. The molecule has 3 N–H and O–H groups in total. The number of methoxy groups -OCH3 is 1. The SMILES string of the molecule is COc1cc(CO)ccc1CCN1CCC(n2ccc3ccc(C(N)=O)cc32)CC1. The molecule has 0 bridgehead atoms. The minimum atomic E-state index is -0.387. The van der Waals surface area contributed by atoms with Gasteiger partial charge in [0.05, 0.1) is 13.7 Å². The summed E-state index contributed by atoms with van der Waals surface area (Å²) in [5.41, 5.74) is 9.14. The second-order valence-electron chi connectivity index (χ2n) is 7.99. The summed E-state index contributed by atoms with van der Waals surface area (Å²) in [5, 5.41) is 10.4. The molecular weight excluding hydrogens is 378 g/mol. The fourth-order valence-electron chi connectivity index (χ4n) is 4.41. The lowest BCUT2D eigenvalue weighted by Gasteiger charge is -2.33. The zero-order chi connectivity index (χ0) is 21.1. The topological polar surface area (TPSA) is 80.7 Å². The normalized spacial score (nSPS) is 15.5. The van der Waals surface area contributed by atoms with Crippen molar-refractivity contribution in [2.45, 2.75) is 31.9 Å². The van der Waals surface area contributed by atoms with Gasteiger partial charge in [-0.3, -0.25) is 4.79 Å². The Morgan fingerprint density at radius 1 is 1.17 bits per heavy atom. The smallest absolute Gasteiger partial charge is 0.248 e. The maximum Gasteiger partial charge on any atom is 0.248 e. The van der Waals surface area contributed by atoms with Gasteiger partial charge in [-0.05, 0) is 60.0 Å². The van der Waals surface area contributed by atoms with Crippen molar-refractivity contribution in [1.82, 2.24) is 9.47 Å². The Bertz CT molecular complexity index is 1040. The number of aliphatic hydroxyl groups is 1. The number of aliphatic hydroxyl groups excluding tert-OH is 1. The van der Waals surface area contributed by atoms with Gasteiger partial charge in [-0.2, -0.15) is 0 Å². The first-order valence-electron chi connectivity index (χ1n) is 10.5. The van der Waals surface area contributed by atoms with Crippen LogP contribution < -0.4 is 10.5 Å². The average Bonchev–Trinajstić information content (AvgIpc) is 3.21. The van der Waals surface area contributed by atoms with E-state index in [1.807, 2.05) is 24.3 Å². The number of benzene rings is 2. The van der Waals surface area contributed by atoms with Crippen LogP contribution in [0.2, 0.25) is 0 Å². The first-order valence-corrected chi connectivity index (χ1v) is 10.5. The third-order valence-corrected chi connectivity index (χ3v) is 6.19. The molecule has 6 nitrogen and oxygen atoms in total. The van der Waals surface area contributed by atoms with Crippen LogP contribution in [-0.2, 0) is 13.0 Å². The van der Waals surface area contributed by atoms with Gasteiger partial charge in [-0.25, -0.2) is 0 Å². The van der Waals surface area contributed by atoms with E-state index < -0.39 is 0 Å². The summed E-state index contributed by atoms with van der Waals surface area (Å²) < 4.78 is 7.80. The average molecular weight is 408 g/mol. The van der Waals surface area contributed by atoms with Crippen molar-refractivity contribution in [3.63, 3.8) is 0 Å². The van der Waals surface area contributed by atoms with Crippen molar-refractivity contribution in [3.8, 4) is 5.75 Å². The predicted octanol–water partition coefficient (Wildman–Crippen LogP) is 3.12. The van der Waals surface area contributed by atoms with Crippen molar-refractivity contribution < 1.29 is 14.6 Å². The Kier molecular flexibility index (Phi) is 6.06. The number of fused-ring (bicyclic) bond motifs is 1. The van der Waals surface area contributed by atoms with Crippen LogP contribution in [0, 0.1) is 0 Å². The Labute approximate surface area is 176 Å². The third-order valence-electron chi connectivity index (χ3n) is 6.19. The summed E-state index contributed by atoms with van der Waals surface area (Å²) in [5.74, 6) is 0.461. The quantitative estimate of drug-likeness (QED) is 0.631. The van der Waals surface area contributed by atoms with Gasteiger partial charge in [0.25, 0.3) is 0 Å². The molecule has 1 amide bonds. The van der Waals surface area contributed by atoms with Crippen LogP contribution in [0.1, 0.15) is 40.4 Å². The van der Waals surface area contributed by atoms with E-state index in [0.717, 1.165) is 61.1 Å². The van der Waals surface area contributed by atoms with Crippen molar-refractivity contribution in [3.05, 3.63) is 65.4 Å². The number of hydrogen-bond acceptors (Lipinski definition) is 4. The standard InChI is InChI=1S/C24H29N3O3/c1-30-23-14-17(16-28)2-3-19(23)6-10-26-11-8-21(9-12-26)27-13-7-18-4-5-20(24(25)29)15-22(18)27/h2-5,7,13-15,21,28H,6,8-12,16H2,1H3,(H2,25,29). The molecule has 1 aliphatic rings. The highest BCUT2D eigenvalue weighted by Gasteiger charge is 2.22. The summed E-state index contributed by atoms with van der Waals surface area (Å²) in [6, 6.07) is 14.1. The summed E-state index contributed by atoms with van der Waals surface area (Å²) in [6.45, 7) is 3.09. The molecule has 1 aromatic heterocycles. The third kappa shape index (κ3) is 4.20. The Hall–Kier alpha value is -2.83. The van der Waals surface area contributed by atoms with Gasteiger partial charge in [-0.15, -0.1) is 0 Å². The molecule has 2 aromatic carbocycles. The van der Waals surface area contributed by atoms with Gasteiger partial charge in [-0.1, -0.05) is 18.2 Å². The van der Waals surface area contributed by atoms with E-state index in [9.17, 15) is 9.90 Å². The van der Waals surface area contributed by atoms with Crippen LogP contribution in [-0.4, -0.2) is 47.2 Å². The number of carbonyl (C=O) groups is 1. The highest BCUT2D eigenvalue weighted by molar-refractivity contribution is 5.97. The molecule has 4 rings (SSSR count). The predicted molar refractivity (Wildman–Crippen MR) is 118 cm³/mol. The van der Waals surface area contributed by atoms with Crippen LogP contribution in [0.4, 0.5) is 0 Å². The molecule has 1 saturated heterocycles. The number of rotatable bonds is 7. The molecule has 2 heterocycles. The molecule has 0 radical (unpaired) electrons.